The summed E-state index contributed by atoms with van der Waals surface area (Å²) in [6, 6.07) is 12.0. The molecule has 1 aromatic carbocycles. The third kappa shape index (κ3) is 1.04. The Morgan fingerprint density at radius 2 is 2.00 bits per heavy atom. The molecule has 0 radical (unpaired) electrons. The van der Waals surface area contributed by atoms with E-state index in [0.29, 0.717) is 0 Å². The van der Waals surface area contributed by atoms with Gasteiger partial charge in [0.15, 0.2) is 17.6 Å². The van der Waals surface area contributed by atoms with Crippen LogP contribution >= 0.6 is 0 Å². The summed E-state index contributed by atoms with van der Waals surface area (Å²) in [5.41, 5.74) is 5.45. The van der Waals surface area contributed by atoms with E-state index in [4.69, 9.17) is 8.83 Å². The van der Waals surface area contributed by atoms with Crippen molar-refractivity contribution in [2.24, 2.45) is 0 Å². The molecule has 0 amide bonds. The fourth-order valence-corrected chi connectivity index (χ4v) is 2.79. The molecule has 19 heavy (non-hydrogen) atoms. The first-order valence-electron chi connectivity index (χ1n) is 6.20. The summed E-state index contributed by atoms with van der Waals surface area (Å²) in [7, 11) is 0. The molecule has 0 aliphatic carbocycles. The van der Waals surface area contributed by atoms with Crippen molar-refractivity contribution in [1.29, 1.82) is 0 Å². The molecule has 4 heteroatoms. The van der Waals surface area contributed by atoms with Gasteiger partial charge in [-0.2, -0.15) is 0 Å². The summed E-state index contributed by atoms with van der Waals surface area (Å²) in [4.78, 5) is 4.34. The van der Waals surface area contributed by atoms with Crippen molar-refractivity contribution < 1.29 is 13.4 Å². The van der Waals surface area contributed by atoms with Crippen LogP contribution in [0.2, 0.25) is 0 Å². The predicted octanol–water partition coefficient (Wildman–Crippen LogP) is 2.89. The van der Waals surface area contributed by atoms with Crippen molar-refractivity contribution in [3.63, 3.8) is 0 Å². The molecule has 1 aliphatic rings. The van der Waals surface area contributed by atoms with Gasteiger partial charge < -0.3 is 8.83 Å². The lowest BCUT2D eigenvalue weighted by molar-refractivity contribution is -0.655. The number of oxazole rings is 1. The molecule has 0 saturated heterocycles. The quantitative estimate of drug-likeness (QED) is 0.396. The first-order chi connectivity index (χ1) is 9.42. The van der Waals surface area contributed by atoms with Gasteiger partial charge in [0.05, 0.1) is 5.56 Å². The molecular formula is C15H9N2O2+. The molecule has 4 nitrogen and oxygen atoms in total. The minimum absolute atomic E-state index is 0.736. The van der Waals surface area contributed by atoms with Crippen molar-refractivity contribution in [3.8, 4) is 11.5 Å². The van der Waals surface area contributed by atoms with Gasteiger partial charge >= 0.3 is 11.6 Å². The summed E-state index contributed by atoms with van der Waals surface area (Å²) in [5, 5.41) is 0. The number of furan rings is 1. The zero-order chi connectivity index (χ0) is 12.4. The largest absolute Gasteiger partial charge is 0.423 e. The lowest BCUT2D eigenvalue weighted by Gasteiger charge is -1.88. The number of benzene rings is 1. The molecule has 0 N–H and O–H groups in total. The summed E-state index contributed by atoms with van der Waals surface area (Å²) in [6.45, 7) is 0.790. The van der Waals surface area contributed by atoms with Crippen molar-refractivity contribution in [2.45, 2.75) is 6.54 Å². The second kappa shape index (κ2) is 3.03. The number of fused-ring (bicyclic) bond motifs is 7. The van der Waals surface area contributed by atoms with Gasteiger partial charge in [0.2, 0.25) is 0 Å². The Balaban J connectivity index is 1.93. The second-order valence-corrected chi connectivity index (χ2v) is 4.74. The van der Waals surface area contributed by atoms with E-state index < -0.39 is 0 Å². The van der Waals surface area contributed by atoms with E-state index in [1.54, 1.807) is 6.20 Å². The highest BCUT2D eigenvalue weighted by Gasteiger charge is 2.37. The first-order valence-corrected chi connectivity index (χ1v) is 6.20. The van der Waals surface area contributed by atoms with Crippen LogP contribution in [-0.2, 0) is 6.54 Å². The Morgan fingerprint density at radius 3 is 3.00 bits per heavy atom. The second-order valence-electron chi connectivity index (χ2n) is 4.74. The van der Waals surface area contributed by atoms with Gasteiger partial charge in [-0.05, 0) is 18.2 Å². The minimum Gasteiger partial charge on any atom is -0.400 e. The Morgan fingerprint density at radius 1 is 1.05 bits per heavy atom. The maximum Gasteiger partial charge on any atom is 0.423 e. The lowest BCUT2D eigenvalue weighted by Crippen LogP contribution is -2.30. The predicted molar refractivity (Wildman–Crippen MR) is 68.5 cm³/mol. The minimum atomic E-state index is 0.736. The van der Waals surface area contributed by atoms with Crippen LogP contribution in [-0.4, -0.2) is 4.98 Å². The fraction of sp³-hybridized carbons (Fsp3) is 0.0667. The Labute approximate surface area is 107 Å². The number of pyridine rings is 1. The highest BCUT2D eigenvalue weighted by Crippen LogP contribution is 2.34. The molecule has 5 rings (SSSR count). The van der Waals surface area contributed by atoms with Crippen molar-refractivity contribution in [3.05, 3.63) is 48.2 Å². The summed E-state index contributed by atoms with van der Waals surface area (Å²) in [6.07, 6.45) is 1.75. The molecular weight excluding hydrogens is 240 g/mol. The molecule has 1 aliphatic heterocycles. The van der Waals surface area contributed by atoms with Gasteiger partial charge in [0.1, 0.15) is 0 Å². The average molecular weight is 249 g/mol. The topological polar surface area (TPSA) is 43.0 Å². The van der Waals surface area contributed by atoms with Crippen molar-refractivity contribution in [2.75, 3.05) is 0 Å². The van der Waals surface area contributed by atoms with Crippen LogP contribution in [0.15, 0.2) is 51.4 Å². The van der Waals surface area contributed by atoms with E-state index in [2.05, 4.69) is 21.7 Å². The third-order valence-corrected chi connectivity index (χ3v) is 3.65. The van der Waals surface area contributed by atoms with E-state index in [0.717, 1.165) is 40.4 Å². The molecule has 0 atom stereocenters. The van der Waals surface area contributed by atoms with Crippen LogP contribution in [0.25, 0.3) is 33.9 Å². The van der Waals surface area contributed by atoms with Crippen LogP contribution in [0.3, 0.4) is 0 Å². The van der Waals surface area contributed by atoms with E-state index in [1.165, 1.54) is 5.56 Å². The molecule has 0 unspecified atom stereocenters. The van der Waals surface area contributed by atoms with E-state index >= 15 is 0 Å². The molecule has 90 valence electrons. The van der Waals surface area contributed by atoms with Crippen LogP contribution < -0.4 is 4.57 Å². The van der Waals surface area contributed by atoms with Crippen LogP contribution in [0, 0.1) is 0 Å². The molecule has 0 saturated carbocycles. The smallest absolute Gasteiger partial charge is 0.400 e. The molecule has 0 bridgehead atoms. The zero-order valence-electron chi connectivity index (χ0n) is 9.96. The molecule has 4 heterocycles. The molecule has 0 fully saturated rings. The molecule has 3 aromatic heterocycles. The first kappa shape index (κ1) is 9.33. The summed E-state index contributed by atoms with van der Waals surface area (Å²) < 4.78 is 13.9. The zero-order valence-corrected chi connectivity index (χ0v) is 9.96. The van der Waals surface area contributed by atoms with Gasteiger partial charge in [-0.25, -0.2) is 4.98 Å². The maximum absolute atomic E-state index is 6.00. The molecule has 0 spiro atoms. The van der Waals surface area contributed by atoms with E-state index in [9.17, 15) is 0 Å². The highest BCUT2D eigenvalue weighted by molar-refractivity contribution is 5.96. The number of hydrogen-bond acceptors (Lipinski definition) is 3. The lowest BCUT2D eigenvalue weighted by atomic mass is 10.1. The van der Waals surface area contributed by atoms with Crippen molar-refractivity contribution in [1.82, 2.24) is 4.98 Å². The van der Waals surface area contributed by atoms with Gasteiger partial charge in [0.25, 0.3) is 5.58 Å². The van der Waals surface area contributed by atoms with Crippen LogP contribution in [0.5, 0.6) is 0 Å². The Kier molecular flexibility index (Phi) is 1.49. The summed E-state index contributed by atoms with van der Waals surface area (Å²) >= 11 is 0. The van der Waals surface area contributed by atoms with Crippen molar-refractivity contribution >= 4 is 22.4 Å². The Bertz CT molecular complexity index is 949. The van der Waals surface area contributed by atoms with Crippen LogP contribution in [0.4, 0.5) is 0 Å². The molecule has 4 aromatic rings. The Hall–Kier alpha value is -2.62. The van der Waals surface area contributed by atoms with Gasteiger partial charge in [-0.3, -0.25) is 0 Å². The van der Waals surface area contributed by atoms with E-state index in [1.807, 2.05) is 24.3 Å². The van der Waals surface area contributed by atoms with Gasteiger partial charge in [-0.15, -0.1) is 4.57 Å². The van der Waals surface area contributed by atoms with Gasteiger partial charge in [-0.1, -0.05) is 18.2 Å². The van der Waals surface area contributed by atoms with E-state index in [-0.39, 0.29) is 0 Å². The maximum atomic E-state index is 6.00. The number of rotatable bonds is 0. The summed E-state index contributed by atoms with van der Waals surface area (Å²) in [5.74, 6) is 0.858. The third-order valence-electron chi connectivity index (χ3n) is 3.65. The number of nitrogens with zero attached hydrogens (tertiary/aromatic N) is 2. The van der Waals surface area contributed by atoms with Gasteiger partial charge in [0, 0.05) is 11.8 Å². The standard InChI is InChI=1S/C15H9N2O2/c1-2-5-10-9(4-1)8-17-14(10)19-13-12-11(18-15(13)17)6-3-7-16-12/h1-7H,8H2/q+1. The average Bonchev–Trinajstić information content (AvgIpc) is 3.07. The highest BCUT2D eigenvalue weighted by atomic mass is 16.4. The van der Waals surface area contributed by atoms with Crippen LogP contribution in [0.1, 0.15) is 5.56 Å². The normalized spacial score (nSPS) is 13.1. The fourth-order valence-electron chi connectivity index (χ4n) is 2.79. The monoisotopic (exact) mass is 249 g/mol. The number of hydrogen-bond donors (Lipinski definition) is 0. The number of aromatic nitrogens is 2. The SMILES string of the molecule is c1ccc2c(c1)C[n+]1c-2oc2c3ncccc3oc21.